The molecule has 3 nitrogen and oxygen atoms in total. The Kier molecular flexibility index (Phi) is 2.81. The molecule has 17 heavy (non-hydrogen) atoms. The van der Waals surface area contributed by atoms with Gasteiger partial charge in [0.15, 0.2) is 0 Å². The highest BCUT2D eigenvalue weighted by atomic mass is 16.5. The van der Waals surface area contributed by atoms with Crippen LogP contribution in [0.5, 0.6) is 5.75 Å². The van der Waals surface area contributed by atoms with Crippen molar-refractivity contribution in [2.45, 2.75) is 25.9 Å². The van der Waals surface area contributed by atoms with Crippen LogP contribution in [0.2, 0.25) is 0 Å². The highest BCUT2D eigenvalue weighted by Crippen LogP contribution is 2.27. The predicted octanol–water partition coefficient (Wildman–Crippen LogP) is 1.40. The van der Waals surface area contributed by atoms with Crippen LogP contribution in [0, 0.1) is 5.92 Å². The fraction of sp³-hybridized carbons (Fsp3) is 0.571. The topological polar surface area (TPSA) is 38.5 Å². The van der Waals surface area contributed by atoms with E-state index in [1.54, 1.807) is 0 Å². The lowest BCUT2D eigenvalue weighted by atomic mass is 10.1. The first-order chi connectivity index (χ1) is 8.22. The van der Waals surface area contributed by atoms with Gasteiger partial charge in [-0.15, -0.1) is 0 Å². The van der Waals surface area contributed by atoms with E-state index in [9.17, 15) is 0 Å². The molecule has 1 fully saturated rings. The predicted molar refractivity (Wildman–Crippen MR) is 68.1 cm³/mol. The Labute approximate surface area is 103 Å². The van der Waals surface area contributed by atoms with Crippen LogP contribution >= 0.6 is 0 Å². The van der Waals surface area contributed by atoms with Crippen LogP contribution in [0.25, 0.3) is 0 Å². The molecule has 2 atom stereocenters. The van der Waals surface area contributed by atoms with Gasteiger partial charge in [-0.05, 0) is 23.1 Å². The van der Waals surface area contributed by atoms with Crippen molar-refractivity contribution in [1.29, 1.82) is 0 Å². The molecule has 2 aliphatic heterocycles. The summed E-state index contributed by atoms with van der Waals surface area (Å²) in [5.74, 6) is 1.69. The SMILES string of the molecule is CC1CN(Cc2ccc3c(c2)CCO3)CC1N. The summed E-state index contributed by atoms with van der Waals surface area (Å²) < 4.78 is 5.52. The molecular formula is C14H20N2O. The van der Waals surface area contributed by atoms with Crippen molar-refractivity contribution in [3.05, 3.63) is 29.3 Å². The number of ether oxygens (including phenoxy) is 1. The van der Waals surface area contributed by atoms with Gasteiger partial charge in [0.2, 0.25) is 0 Å². The monoisotopic (exact) mass is 232 g/mol. The standard InChI is InChI=1S/C14H20N2O/c1-10-7-16(9-13(10)15)8-11-2-3-14-12(6-11)4-5-17-14/h2-3,6,10,13H,4-5,7-9,15H2,1H3. The second-order valence-electron chi connectivity index (χ2n) is 5.38. The molecule has 2 unspecified atom stereocenters. The molecule has 1 aromatic rings. The summed E-state index contributed by atoms with van der Waals surface area (Å²) in [5, 5.41) is 0. The average molecular weight is 232 g/mol. The molecule has 0 aromatic heterocycles. The highest BCUT2D eigenvalue weighted by molar-refractivity contribution is 5.39. The molecule has 0 spiro atoms. The maximum Gasteiger partial charge on any atom is 0.122 e. The van der Waals surface area contributed by atoms with Crippen LogP contribution in [0.15, 0.2) is 18.2 Å². The first kappa shape index (κ1) is 11.1. The van der Waals surface area contributed by atoms with E-state index in [1.165, 1.54) is 11.1 Å². The van der Waals surface area contributed by atoms with Gasteiger partial charge in [-0.3, -0.25) is 4.90 Å². The lowest BCUT2D eigenvalue weighted by molar-refractivity contribution is 0.318. The van der Waals surface area contributed by atoms with Gasteiger partial charge in [0.1, 0.15) is 5.75 Å². The van der Waals surface area contributed by atoms with Crippen molar-refractivity contribution >= 4 is 0 Å². The zero-order valence-corrected chi connectivity index (χ0v) is 10.4. The molecule has 2 N–H and O–H groups in total. The summed E-state index contributed by atoms with van der Waals surface area (Å²) in [5.41, 5.74) is 8.80. The number of hydrogen-bond acceptors (Lipinski definition) is 3. The van der Waals surface area contributed by atoms with Crippen molar-refractivity contribution in [3.8, 4) is 5.75 Å². The van der Waals surface area contributed by atoms with Gasteiger partial charge in [0.05, 0.1) is 6.61 Å². The molecule has 0 amide bonds. The van der Waals surface area contributed by atoms with E-state index >= 15 is 0 Å². The van der Waals surface area contributed by atoms with Gasteiger partial charge in [0, 0.05) is 32.1 Å². The minimum absolute atomic E-state index is 0.341. The minimum atomic E-state index is 0.341. The second-order valence-corrected chi connectivity index (χ2v) is 5.38. The van der Waals surface area contributed by atoms with Gasteiger partial charge in [-0.25, -0.2) is 0 Å². The zero-order chi connectivity index (χ0) is 11.8. The van der Waals surface area contributed by atoms with E-state index in [0.717, 1.165) is 38.4 Å². The van der Waals surface area contributed by atoms with Gasteiger partial charge in [-0.1, -0.05) is 19.1 Å². The molecule has 0 radical (unpaired) electrons. The summed E-state index contributed by atoms with van der Waals surface area (Å²) in [6, 6.07) is 6.92. The highest BCUT2D eigenvalue weighted by Gasteiger charge is 2.26. The molecule has 1 aromatic carbocycles. The average Bonchev–Trinajstić information content (AvgIpc) is 2.86. The van der Waals surface area contributed by atoms with Crippen molar-refractivity contribution in [1.82, 2.24) is 4.90 Å². The van der Waals surface area contributed by atoms with Crippen LogP contribution < -0.4 is 10.5 Å². The molecule has 92 valence electrons. The number of benzene rings is 1. The fourth-order valence-corrected chi connectivity index (χ4v) is 2.82. The number of likely N-dealkylation sites (tertiary alicyclic amines) is 1. The van der Waals surface area contributed by atoms with E-state index < -0.39 is 0 Å². The molecular weight excluding hydrogens is 212 g/mol. The molecule has 0 saturated carbocycles. The first-order valence-corrected chi connectivity index (χ1v) is 6.45. The van der Waals surface area contributed by atoms with Gasteiger partial charge >= 0.3 is 0 Å². The smallest absolute Gasteiger partial charge is 0.122 e. The van der Waals surface area contributed by atoms with Crippen LogP contribution in [-0.2, 0) is 13.0 Å². The Morgan fingerprint density at radius 3 is 3.06 bits per heavy atom. The number of rotatable bonds is 2. The maximum atomic E-state index is 6.05. The quantitative estimate of drug-likeness (QED) is 0.837. The third-order valence-electron chi connectivity index (χ3n) is 3.91. The molecule has 0 aliphatic carbocycles. The van der Waals surface area contributed by atoms with Crippen molar-refractivity contribution in [3.63, 3.8) is 0 Å². The van der Waals surface area contributed by atoms with Crippen LogP contribution in [0.3, 0.4) is 0 Å². The van der Waals surface area contributed by atoms with Gasteiger partial charge in [-0.2, -0.15) is 0 Å². The van der Waals surface area contributed by atoms with E-state index in [4.69, 9.17) is 10.5 Å². The summed E-state index contributed by atoms with van der Waals surface area (Å²) in [6.45, 7) is 6.24. The molecule has 3 rings (SSSR count). The zero-order valence-electron chi connectivity index (χ0n) is 10.4. The number of hydrogen-bond donors (Lipinski definition) is 1. The third-order valence-corrected chi connectivity index (χ3v) is 3.91. The Hall–Kier alpha value is -1.06. The second kappa shape index (κ2) is 4.31. The van der Waals surface area contributed by atoms with Gasteiger partial charge < -0.3 is 10.5 Å². The maximum absolute atomic E-state index is 6.05. The van der Waals surface area contributed by atoms with Gasteiger partial charge in [0.25, 0.3) is 0 Å². The minimum Gasteiger partial charge on any atom is -0.493 e. The lowest BCUT2D eigenvalue weighted by Crippen LogP contribution is -2.28. The van der Waals surface area contributed by atoms with Crippen molar-refractivity contribution in [2.75, 3.05) is 19.7 Å². The summed E-state index contributed by atoms with van der Waals surface area (Å²) >= 11 is 0. The van der Waals surface area contributed by atoms with Crippen LogP contribution in [-0.4, -0.2) is 30.6 Å². The Balaban J connectivity index is 1.69. The number of nitrogens with two attached hydrogens (primary N) is 1. The van der Waals surface area contributed by atoms with Crippen LogP contribution in [0.1, 0.15) is 18.1 Å². The molecule has 2 aliphatic rings. The summed E-state index contributed by atoms with van der Waals surface area (Å²) in [6.07, 6.45) is 1.05. The Morgan fingerprint density at radius 1 is 1.41 bits per heavy atom. The normalized spacial score (nSPS) is 28.1. The number of fused-ring (bicyclic) bond motifs is 1. The largest absolute Gasteiger partial charge is 0.493 e. The molecule has 1 saturated heterocycles. The summed E-state index contributed by atoms with van der Waals surface area (Å²) in [7, 11) is 0. The molecule has 0 bridgehead atoms. The van der Waals surface area contributed by atoms with E-state index in [-0.39, 0.29) is 0 Å². The van der Waals surface area contributed by atoms with E-state index in [0.29, 0.717) is 12.0 Å². The molecule has 3 heteroatoms. The van der Waals surface area contributed by atoms with Crippen LogP contribution in [0.4, 0.5) is 0 Å². The summed E-state index contributed by atoms with van der Waals surface area (Å²) in [4.78, 5) is 2.45. The van der Waals surface area contributed by atoms with Crippen molar-refractivity contribution < 1.29 is 4.74 Å². The Bertz CT molecular complexity index is 409. The van der Waals surface area contributed by atoms with E-state index in [1.807, 2.05) is 0 Å². The first-order valence-electron chi connectivity index (χ1n) is 6.45. The third kappa shape index (κ3) is 2.17. The molecule has 2 heterocycles. The number of nitrogens with zero attached hydrogens (tertiary/aromatic N) is 1. The van der Waals surface area contributed by atoms with E-state index in [2.05, 4.69) is 30.0 Å². The van der Waals surface area contributed by atoms with Crippen molar-refractivity contribution in [2.24, 2.45) is 11.7 Å². The Morgan fingerprint density at radius 2 is 2.29 bits per heavy atom. The fourth-order valence-electron chi connectivity index (χ4n) is 2.82. The lowest BCUT2D eigenvalue weighted by Gasteiger charge is -2.15.